The number of hydrogen-bond acceptors (Lipinski definition) is 5. The Morgan fingerprint density at radius 3 is 2.48 bits per heavy atom. The van der Waals surface area contributed by atoms with Gasteiger partial charge in [0.15, 0.2) is 0 Å². The Kier molecular flexibility index (Phi) is 4.11. The molecule has 1 saturated carbocycles. The molecule has 0 atom stereocenters. The molecule has 1 amide bonds. The van der Waals surface area contributed by atoms with Crippen molar-refractivity contribution in [2.75, 3.05) is 25.5 Å². The first-order valence-corrected chi connectivity index (χ1v) is 8.91. The summed E-state index contributed by atoms with van der Waals surface area (Å²) in [6.07, 6.45) is 1.42. The minimum Gasteiger partial charge on any atom is -0.465 e. The number of nitrogens with zero attached hydrogens (tertiary/aromatic N) is 1. The fourth-order valence-electron chi connectivity index (χ4n) is 2.50. The van der Waals surface area contributed by atoms with Crippen LogP contribution in [0.2, 0.25) is 0 Å². The molecule has 23 heavy (non-hydrogen) atoms. The molecule has 1 N–H and O–H groups in total. The third-order valence-electron chi connectivity index (χ3n) is 4.11. The van der Waals surface area contributed by atoms with Crippen LogP contribution in [0.25, 0.3) is 0 Å². The molecule has 0 unspecified atom stereocenters. The van der Waals surface area contributed by atoms with E-state index in [1.165, 1.54) is 11.4 Å². The van der Waals surface area contributed by atoms with E-state index in [2.05, 4.69) is 10.1 Å². The second kappa shape index (κ2) is 5.93. The maximum atomic E-state index is 12.2. The molecule has 1 aromatic rings. The van der Waals surface area contributed by atoms with Crippen molar-refractivity contribution in [3.8, 4) is 0 Å². The summed E-state index contributed by atoms with van der Waals surface area (Å²) in [5, 5.41) is 2.43. The number of esters is 1. The molecular formula is C15H18N2O5S. The number of sulfonamides is 1. The highest BCUT2D eigenvalue weighted by atomic mass is 32.2. The molecular weight excluding hydrogens is 320 g/mol. The highest BCUT2D eigenvalue weighted by Crippen LogP contribution is 2.34. The molecule has 124 valence electrons. The maximum absolute atomic E-state index is 12.2. The van der Waals surface area contributed by atoms with Gasteiger partial charge in [-0.1, -0.05) is 12.1 Å². The Morgan fingerprint density at radius 1 is 1.22 bits per heavy atom. The summed E-state index contributed by atoms with van der Waals surface area (Å²) in [4.78, 5) is 23.9. The Hall–Kier alpha value is -1.93. The first-order chi connectivity index (χ1) is 10.9. The van der Waals surface area contributed by atoms with E-state index in [1.54, 1.807) is 24.3 Å². The first-order valence-electron chi connectivity index (χ1n) is 7.40. The summed E-state index contributed by atoms with van der Waals surface area (Å²) in [5.41, 5.74) is 0.637. The Labute approximate surface area is 134 Å². The first kappa shape index (κ1) is 15.9. The van der Waals surface area contributed by atoms with E-state index in [0.29, 0.717) is 18.5 Å². The van der Waals surface area contributed by atoms with Gasteiger partial charge < -0.3 is 10.1 Å². The van der Waals surface area contributed by atoms with E-state index in [1.807, 2.05) is 0 Å². The molecule has 1 saturated heterocycles. The number of para-hydroxylation sites is 1. The molecule has 2 aliphatic rings. The van der Waals surface area contributed by atoms with Gasteiger partial charge in [-0.05, 0) is 25.0 Å². The Bertz CT molecular complexity index is 736. The molecule has 1 heterocycles. The van der Waals surface area contributed by atoms with Crippen LogP contribution in [0, 0.1) is 5.92 Å². The van der Waals surface area contributed by atoms with Crippen molar-refractivity contribution >= 4 is 27.6 Å². The number of anilines is 1. The summed E-state index contributed by atoms with van der Waals surface area (Å²) in [6.45, 7) is 0.399. The smallest absolute Gasteiger partial charge is 0.339 e. The monoisotopic (exact) mass is 338 g/mol. The average Bonchev–Trinajstić information content (AvgIpc) is 3.30. The minimum atomic E-state index is -3.21. The van der Waals surface area contributed by atoms with Gasteiger partial charge in [0.25, 0.3) is 0 Å². The lowest BCUT2D eigenvalue weighted by molar-refractivity contribution is -0.122. The van der Waals surface area contributed by atoms with Gasteiger partial charge in [-0.3, -0.25) is 4.79 Å². The van der Waals surface area contributed by atoms with Gasteiger partial charge in [0.1, 0.15) is 0 Å². The van der Waals surface area contributed by atoms with Crippen molar-refractivity contribution in [2.24, 2.45) is 5.92 Å². The molecule has 2 fully saturated rings. The second-order valence-corrected chi connectivity index (χ2v) is 8.00. The van der Waals surface area contributed by atoms with Gasteiger partial charge in [0.05, 0.1) is 29.5 Å². The predicted molar refractivity (Wildman–Crippen MR) is 83.4 cm³/mol. The van der Waals surface area contributed by atoms with Crippen LogP contribution in [0.15, 0.2) is 24.3 Å². The third kappa shape index (κ3) is 3.09. The lowest BCUT2D eigenvalue weighted by Gasteiger charge is -2.37. The lowest BCUT2D eigenvalue weighted by Crippen LogP contribution is -2.55. The Balaban J connectivity index is 1.62. The van der Waals surface area contributed by atoms with Gasteiger partial charge in [-0.25, -0.2) is 13.2 Å². The van der Waals surface area contributed by atoms with Crippen LogP contribution in [0.5, 0.6) is 0 Å². The van der Waals surface area contributed by atoms with Crippen molar-refractivity contribution in [3.63, 3.8) is 0 Å². The number of carbonyl (C=O) groups excluding carboxylic acids is 2. The van der Waals surface area contributed by atoms with E-state index >= 15 is 0 Å². The number of carbonyl (C=O) groups is 2. The molecule has 1 aromatic carbocycles. The topological polar surface area (TPSA) is 92.8 Å². The molecule has 7 nitrogen and oxygen atoms in total. The van der Waals surface area contributed by atoms with Gasteiger partial charge >= 0.3 is 5.97 Å². The number of benzene rings is 1. The van der Waals surface area contributed by atoms with E-state index in [0.717, 1.165) is 0 Å². The van der Waals surface area contributed by atoms with Crippen molar-refractivity contribution in [2.45, 2.75) is 18.1 Å². The fraction of sp³-hybridized carbons (Fsp3) is 0.467. The van der Waals surface area contributed by atoms with Crippen LogP contribution >= 0.6 is 0 Å². The standard InChI is InChI=1S/C15H18N2O5S/c1-22-15(19)12-4-2-3-5-13(12)16-14(18)10-8-17(9-10)23(20,21)11-6-7-11/h2-5,10-11H,6-9H2,1H3,(H,16,18). The van der Waals surface area contributed by atoms with Crippen molar-refractivity contribution in [3.05, 3.63) is 29.8 Å². The number of methoxy groups -OCH3 is 1. The van der Waals surface area contributed by atoms with E-state index in [-0.39, 0.29) is 29.8 Å². The van der Waals surface area contributed by atoms with E-state index in [4.69, 9.17) is 0 Å². The highest BCUT2D eigenvalue weighted by Gasteiger charge is 2.46. The zero-order valence-electron chi connectivity index (χ0n) is 12.7. The van der Waals surface area contributed by atoms with Gasteiger partial charge in [0.2, 0.25) is 15.9 Å². The summed E-state index contributed by atoms with van der Waals surface area (Å²) < 4.78 is 30.1. The SMILES string of the molecule is COC(=O)c1ccccc1NC(=O)C1CN(S(=O)(=O)C2CC2)C1. The molecule has 0 radical (unpaired) electrons. The number of nitrogens with one attached hydrogen (secondary N) is 1. The molecule has 0 spiro atoms. The quantitative estimate of drug-likeness (QED) is 0.803. The molecule has 1 aliphatic carbocycles. The van der Waals surface area contributed by atoms with Gasteiger partial charge in [0, 0.05) is 13.1 Å². The third-order valence-corrected chi connectivity index (χ3v) is 6.45. The molecule has 8 heteroatoms. The lowest BCUT2D eigenvalue weighted by atomic mass is 10.0. The van der Waals surface area contributed by atoms with Crippen LogP contribution in [0.1, 0.15) is 23.2 Å². The normalized spacial score (nSPS) is 19.0. The highest BCUT2D eigenvalue weighted by molar-refractivity contribution is 7.90. The van der Waals surface area contributed by atoms with Crippen molar-refractivity contribution in [1.82, 2.24) is 4.31 Å². The van der Waals surface area contributed by atoms with Crippen molar-refractivity contribution < 1.29 is 22.7 Å². The molecule has 3 rings (SSSR count). The Morgan fingerprint density at radius 2 is 1.87 bits per heavy atom. The van der Waals surface area contributed by atoms with Crippen LogP contribution in [-0.2, 0) is 19.6 Å². The predicted octanol–water partition coefficient (Wildman–Crippen LogP) is 0.836. The van der Waals surface area contributed by atoms with Crippen LogP contribution < -0.4 is 5.32 Å². The summed E-state index contributed by atoms with van der Waals surface area (Å²) >= 11 is 0. The van der Waals surface area contributed by atoms with Gasteiger partial charge in [-0.15, -0.1) is 0 Å². The van der Waals surface area contributed by atoms with Gasteiger partial charge in [-0.2, -0.15) is 4.31 Å². The molecule has 1 aliphatic heterocycles. The van der Waals surface area contributed by atoms with Crippen LogP contribution in [0.3, 0.4) is 0 Å². The zero-order valence-corrected chi connectivity index (χ0v) is 13.5. The minimum absolute atomic E-state index is 0.199. The average molecular weight is 338 g/mol. The molecule has 0 bridgehead atoms. The van der Waals surface area contributed by atoms with Crippen LogP contribution in [0.4, 0.5) is 5.69 Å². The summed E-state index contributed by atoms with van der Waals surface area (Å²) in [7, 11) is -1.94. The van der Waals surface area contributed by atoms with E-state index in [9.17, 15) is 18.0 Å². The number of hydrogen-bond donors (Lipinski definition) is 1. The van der Waals surface area contributed by atoms with E-state index < -0.39 is 21.9 Å². The summed E-state index contributed by atoms with van der Waals surface area (Å²) in [5.74, 6) is -1.22. The fourth-order valence-corrected chi connectivity index (χ4v) is 4.43. The number of amides is 1. The summed E-state index contributed by atoms with van der Waals surface area (Å²) in [6, 6.07) is 6.55. The zero-order chi connectivity index (χ0) is 16.6. The second-order valence-electron chi connectivity index (χ2n) is 5.78. The number of rotatable bonds is 5. The van der Waals surface area contributed by atoms with Crippen molar-refractivity contribution in [1.29, 1.82) is 0 Å². The maximum Gasteiger partial charge on any atom is 0.339 e. The molecule has 0 aromatic heterocycles. The number of ether oxygens (including phenoxy) is 1. The largest absolute Gasteiger partial charge is 0.465 e. The van der Waals surface area contributed by atoms with Crippen LogP contribution in [-0.4, -0.2) is 50.0 Å².